The maximum atomic E-state index is 6.03. The molecule has 4 aliphatic rings. The Morgan fingerprint density at radius 1 is 1.23 bits per heavy atom. The molecule has 0 amide bonds. The lowest BCUT2D eigenvalue weighted by Crippen LogP contribution is -2.53. The van der Waals surface area contributed by atoms with E-state index in [-0.39, 0.29) is 11.1 Å². The highest BCUT2D eigenvalue weighted by Crippen LogP contribution is 2.50. The van der Waals surface area contributed by atoms with Crippen molar-refractivity contribution in [3.63, 3.8) is 0 Å². The van der Waals surface area contributed by atoms with Crippen molar-refractivity contribution < 1.29 is 9.47 Å². The third kappa shape index (κ3) is 3.55. The molecule has 2 aliphatic carbocycles. The summed E-state index contributed by atoms with van der Waals surface area (Å²) in [5.41, 5.74) is 6.78. The minimum absolute atomic E-state index is 0.00388. The standard InChI is InChI=1S/C27H34N2O2/c1-16-14-26(2,3)28-20-11-10-19-24-17(8-7-9-21(24)30-6)12-18(25(19)23(16)20)13-22-29-27(4,5)15-31-22/h7-11,14,18,20,23,28H,12-13,15H2,1-6H3. The van der Waals surface area contributed by atoms with E-state index >= 15 is 0 Å². The van der Waals surface area contributed by atoms with Crippen LogP contribution in [-0.4, -0.2) is 36.7 Å². The van der Waals surface area contributed by atoms with Gasteiger partial charge in [-0.1, -0.05) is 35.9 Å². The molecule has 1 aromatic rings. The van der Waals surface area contributed by atoms with Gasteiger partial charge in [0, 0.05) is 29.5 Å². The highest BCUT2D eigenvalue weighted by Gasteiger charge is 2.43. The quantitative estimate of drug-likeness (QED) is 0.695. The fourth-order valence-corrected chi connectivity index (χ4v) is 6.02. The van der Waals surface area contributed by atoms with E-state index in [0.717, 1.165) is 24.5 Å². The summed E-state index contributed by atoms with van der Waals surface area (Å²) in [6.45, 7) is 11.8. The smallest absolute Gasteiger partial charge is 0.184 e. The first kappa shape index (κ1) is 20.6. The second kappa shape index (κ2) is 7.09. The van der Waals surface area contributed by atoms with Crippen molar-refractivity contribution in [2.75, 3.05) is 13.7 Å². The third-order valence-corrected chi connectivity index (χ3v) is 7.04. The average molecular weight is 419 g/mol. The van der Waals surface area contributed by atoms with Gasteiger partial charge in [0.1, 0.15) is 12.4 Å². The molecule has 2 heterocycles. The van der Waals surface area contributed by atoms with Crippen LogP contribution in [0.3, 0.4) is 0 Å². The van der Waals surface area contributed by atoms with Crippen molar-refractivity contribution in [3.05, 3.63) is 58.7 Å². The van der Waals surface area contributed by atoms with E-state index in [0.29, 0.717) is 24.5 Å². The van der Waals surface area contributed by atoms with Crippen LogP contribution in [-0.2, 0) is 11.2 Å². The molecule has 0 aromatic heterocycles. The first-order valence-corrected chi connectivity index (χ1v) is 11.4. The fraction of sp³-hybridized carbons (Fsp3) is 0.519. The van der Waals surface area contributed by atoms with Crippen molar-refractivity contribution in [2.45, 2.75) is 64.6 Å². The molecule has 1 N–H and O–H groups in total. The number of nitrogens with one attached hydrogen (secondary N) is 1. The second-order valence-corrected chi connectivity index (χ2v) is 10.7. The molecule has 0 radical (unpaired) electrons. The molecule has 1 aromatic carbocycles. The van der Waals surface area contributed by atoms with Crippen molar-refractivity contribution in [1.82, 2.24) is 5.32 Å². The Morgan fingerprint density at radius 2 is 2.03 bits per heavy atom. The van der Waals surface area contributed by atoms with Crippen molar-refractivity contribution >= 4 is 11.5 Å². The van der Waals surface area contributed by atoms with Crippen molar-refractivity contribution in [3.8, 4) is 5.75 Å². The van der Waals surface area contributed by atoms with E-state index in [1.807, 2.05) is 0 Å². The molecule has 5 rings (SSSR count). The number of methoxy groups -OCH3 is 1. The van der Waals surface area contributed by atoms with Gasteiger partial charge in [0.05, 0.1) is 12.6 Å². The van der Waals surface area contributed by atoms with Gasteiger partial charge in [-0.2, -0.15) is 0 Å². The predicted octanol–water partition coefficient (Wildman–Crippen LogP) is 5.10. The number of benzene rings is 1. The minimum atomic E-state index is -0.121. The predicted molar refractivity (Wildman–Crippen MR) is 127 cm³/mol. The Bertz CT molecular complexity index is 1040. The lowest BCUT2D eigenvalue weighted by Gasteiger charge is -2.46. The zero-order valence-corrected chi connectivity index (χ0v) is 19.6. The summed E-state index contributed by atoms with van der Waals surface area (Å²) in [7, 11) is 1.77. The van der Waals surface area contributed by atoms with E-state index in [1.165, 1.54) is 27.8 Å². The molecule has 0 bridgehead atoms. The third-order valence-electron chi connectivity index (χ3n) is 7.04. The number of nitrogens with zero attached hydrogens (tertiary/aromatic N) is 1. The van der Waals surface area contributed by atoms with Gasteiger partial charge in [-0.25, -0.2) is 4.99 Å². The zero-order chi connectivity index (χ0) is 22.0. The minimum Gasteiger partial charge on any atom is -0.496 e. The summed E-state index contributed by atoms with van der Waals surface area (Å²) in [5, 5.41) is 3.85. The number of fused-ring (bicyclic) bond motifs is 4. The monoisotopic (exact) mass is 418 g/mol. The SMILES string of the molecule is COc1cccc2c1C1=C(C(CC3=NC(C)(C)CO3)C2)C2C(C)=CC(C)(C)NC2C=C1. The average Bonchev–Trinajstić information content (AvgIpc) is 3.04. The lowest BCUT2D eigenvalue weighted by molar-refractivity contribution is 0.269. The summed E-state index contributed by atoms with van der Waals surface area (Å²) < 4.78 is 11.8. The number of aliphatic imine (C=N–C) groups is 1. The lowest BCUT2D eigenvalue weighted by atomic mass is 9.64. The number of rotatable bonds is 3. The number of allylic oxidation sites excluding steroid dienone is 2. The van der Waals surface area contributed by atoms with Crippen molar-refractivity contribution in [1.29, 1.82) is 0 Å². The van der Waals surface area contributed by atoms with Gasteiger partial charge in [-0.3, -0.25) is 0 Å². The van der Waals surface area contributed by atoms with Crippen LogP contribution in [0.5, 0.6) is 5.75 Å². The molecule has 3 unspecified atom stereocenters. The highest BCUT2D eigenvalue weighted by molar-refractivity contribution is 5.87. The second-order valence-electron chi connectivity index (χ2n) is 10.7. The van der Waals surface area contributed by atoms with Gasteiger partial charge in [-0.05, 0) is 69.7 Å². The molecule has 164 valence electrons. The van der Waals surface area contributed by atoms with Gasteiger partial charge in [0.2, 0.25) is 0 Å². The van der Waals surface area contributed by atoms with Crippen molar-refractivity contribution in [2.24, 2.45) is 16.8 Å². The Morgan fingerprint density at radius 3 is 2.74 bits per heavy atom. The fourth-order valence-electron chi connectivity index (χ4n) is 6.02. The number of ether oxygens (including phenoxy) is 2. The van der Waals surface area contributed by atoms with Crippen LogP contribution < -0.4 is 10.1 Å². The van der Waals surface area contributed by atoms with E-state index in [2.05, 4.69) is 76.4 Å². The van der Waals surface area contributed by atoms with E-state index in [9.17, 15) is 0 Å². The maximum Gasteiger partial charge on any atom is 0.184 e. The van der Waals surface area contributed by atoms with E-state index in [4.69, 9.17) is 14.5 Å². The molecule has 4 heteroatoms. The largest absolute Gasteiger partial charge is 0.496 e. The van der Waals surface area contributed by atoms with Crippen LogP contribution in [0.4, 0.5) is 0 Å². The van der Waals surface area contributed by atoms with Gasteiger partial charge < -0.3 is 14.8 Å². The summed E-state index contributed by atoms with van der Waals surface area (Å²) in [5.74, 6) is 2.59. The number of hydrogen-bond donors (Lipinski definition) is 1. The summed E-state index contributed by atoms with van der Waals surface area (Å²) in [6, 6.07) is 6.75. The zero-order valence-electron chi connectivity index (χ0n) is 19.6. The Labute approximate surface area is 186 Å². The van der Waals surface area contributed by atoms with E-state index < -0.39 is 0 Å². The summed E-state index contributed by atoms with van der Waals surface area (Å²) >= 11 is 0. The van der Waals surface area contributed by atoms with Gasteiger partial charge >= 0.3 is 0 Å². The molecule has 4 nitrogen and oxygen atoms in total. The molecule has 2 aliphatic heterocycles. The van der Waals surface area contributed by atoms with Crippen LogP contribution in [0, 0.1) is 11.8 Å². The Kier molecular flexibility index (Phi) is 4.71. The summed E-state index contributed by atoms with van der Waals surface area (Å²) in [4.78, 5) is 4.89. The summed E-state index contributed by atoms with van der Waals surface area (Å²) in [6.07, 6.45) is 8.92. The first-order chi connectivity index (χ1) is 14.7. The maximum absolute atomic E-state index is 6.03. The van der Waals surface area contributed by atoms with Gasteiger partial charge in [-0.15, -0.1) is 0 Å². The van der Waals surface area contributed by atoms with Crippen LogP contribution in [0.1, 0.15) is 52.2 Å². The highest BCUT2D eigenvalue weighted by atomic mass is 16.5. The molecule has 0 fully saturated rings. The molecule has 0 saturated heterocycles. The molecule has 0 spiro atoms. The van der Waals surface area contributed by atoms with Crippen LogP contribution in [0.15, 0.2) is 52.6 Å². The molecular weight excluding hydrogens is 384 g/mol. The van der Waals surface area contributed by atoms with Crippen LogP contribution in [0.2, 0.25) is 0 Å². The number of hydrogen-bond acceptors (Lipinski definition) is 4. The van der Waals surface area contributed by atoms with Gasteiger partial charge in [0.25, 0.3) is 0 Å². The topological polar surface area (TPSA) is 42.9 Å². The van der Waals surface area contributed by atoms with Gasteiger partial charge in [0.15, 0.2) is 5.90 Å². The van der Waals surface area contributed by atoms with E-state index in [1.54, 1.807) is 7.11 Å². The van der Waals surface area contributed by atoms with Crippen LogP contribution in [0.25, 0.3) is 5.57 Å². The Balaban J connectivity index is 1.65. The molecular formula is C27H34N2O2. The molecule has 0 saturated carbocycles. The molecule has 3 atom stereocenters. The normalized spacial score (nSPS) is 29.9. The van der Waals surface area contributed by atoms with Crippen LogP contribution >= 0.6 is 0 Å². The first-order valence-electron chi connectivity index (χ1n) is 11.4. The molecule has 31 heavy (non-hydrogen) atoms. The Hall–Kier alpha value is -2.33.